The Kier molecular flexibility index (Phi) is 12.8. The highest BCUT2D eigenvalue weighted by Crippen LogP contribution is 2.07. The molecule has 0 saturated heterocycles. The molecular formula is C14H30N2O. The van der Waals surface area contributed by atoms with E-state index in [1.54, 1.807) is 0 Å². The van der Waals surface area contributed by atoms with Crippen LogP contribution < -0.4 is 10.6 Å². The molecule has 0 fully saturated rings. The number of hydrogen-bond acceptors (Lipinski definition) is 1. The summed E-state index contributed by atoms with van der Waals surface area (Å²) in [5.41, 5.74) is 0. The molecular weight excluding hydrogens is 212 g/mol. The van der Waals surface area contributed by atoms with Crippen molar-refractivity contribution < 1.29 is 4.79 Å². The fourth-order valence-corrected chi connectivity index (χ4v) is 1.76. The van der Waals surface area contributed by atoms with Crippen molar-refractivity contribution in [3.8, 4) is 0 Å². The number of amides is 2. The highest BCUT2D eigenvalue weighted by atomic mass is 16.2. The second-order valence-corrected chi connectivity index (χ2v) is 4.66. The second-order valence-electron chi connectivity index (χ2n) is 4.66. The van der Waals surface area contributed by atoms with E-state index in [4.69, 9.17) is 0 Å². The molecule has 0 atom stereocenters. The average Bonchev–Trinajstić information content (AvgIpc) is 2.34. The normalized spacial score (nSPS) is 10.2. The summed E-state index contributed by atoms with van der Waals surface area (Å²) in [4.78, 5) is 11.2. The Morgan fingerprint density at radius 1 is 0.706 bits per heavy atom. The average molecular weight is 242 g/mol. The van der Waals surface area contributed by atoms with E-state index in [1.807, 2.05) is 0 Å². The van der Waals surface area contributed by atoms with Gasteiger partial charge in [-0.25, -0.2) is 4.79 Å². The van der Waals surface area contributed by atoms with Crippen molar-refractivity contribution in [1.82, 2.24) is 10.6 Å². The third-order valence-electron chi connectivity index (χ3n) is 2.85. The van der Waals surface area contributed by atoms with Crippen molar-refractivity contribution in [3.63, 3.8) is 0 Å². The van der Waals surface area contributed by atoms with E-state index in [0.717, 1.165) is 25.9 Å². The first-order valence-electron chi connectivity index (χ1n) is 7.33. The third kappa shape index (κ3) is 13.2. The van der Waals surface area contributed by atoms with Crippen LogP contribution in [0.3, 0.4) is 0 Å². The van der Waals surface area contributed by atoms with Crippen LogP contribution in [0.4, 0.5) is 4.79 Å². The number of carbonyl (C=O) groups excluding carboxylic acids is 1. The van der Waals surface area contributed by atoms with Gasteiger partial charge in [-0.2, -0.15) is 0 Å². The molecule has 3 nitrogen and oxygen atoms in total. The van der Waals surface area contributed by atoms with Gasteiger partial charge in [0.05, 0.1) is 0 Å². The summed E-state index contributed by atoms with van der Waals surface area (Å²) in [5, 5.41) is 5.69. The maximum absolute atomic E-state index is 11.2. The summed E-state index contributed by atoms with van der Waals surface area (Å²) in [6.45, 7) is 5.88. The van der Waals surface area contributed by atoms with Crippen LogP contribution in [0.2, 0.25) is 0 Å². The zero-order valence-corrected chi connectivity index (χ0v) is 11.7. The maximum Gasteiger partial charge on any atom is 0.314 e. The van der Waals surface area contributed by atoms with E-state index in [2.05, 4.69) is 24.5 Å². The van der Waals surface area contributed by atoms with Crippen molar-refractivity contribution >= 4 is 6.03 Å². The number of nitrogens with one attached hydrogen (secondary N) is 2. The Morgan fingerprint density at radius 3 is 1.82 bits per heavy atom. The van der Waals surface area contributed by atoms with E-state index in [1.165, 1.54) is 44.9 Å². The molecule has 0 aromatic rings. The van der Waals surface area contributed by atoms with Crippen molar-refractivity contribution in [2.75, 3.05) is 13.1 Å². The van der Waals surface area contributed by atoms with Crippen LogP contribution in [-0.2, 0) is 0 Å². The van der Waals surface area contributed by atoms with Gasteiger partial charge >= 0.3 is 6.03 Å². The van der Waals surface area contributed by atoms with E-state index in [9.17, 15) is 4.79 Å². The topological polar surface area (TPSA) is 41.1 Å². The van der Waals surface area contributed by atoms with Gasteiger partial charge in [-0.05, 0) is 12.8 Å². The lowest BCUT2D eigenvalue weighted by atomic mass is 10.1. The van der Waals surface area contributed by atoms with Gasteiger partial charge in [0, 0.05) is 13.1 Å². The summed E-state index contributed by atoms with van der Waals surface area (Å²) in [5.74, 6) is 0. The standard InChI is InChI=1S/C14H30N2O/c1-3-5-6-7-8-9-10-11-13-16-14(17)15-12-4-2/h3-13H2,1-2H3,(H2,15,16,17). The minimum absolute atomic E-state index is 0.0187. The first-order chi connectivity index (χ1) is 8.31. The molecule has 2 amide bonds. The molecule has 2 N–H and O–H groups in total. The maximum atomic E-state index is 11.2. The monoisotopic (exact) mass is 242 g/mol. The van der Waals surface area contributed by atoms with Crippen LogP contribution in [0.15, 0.2) is 0 Å². The zero-order valence-electron chi connectivity index (χ0n) is 11.7. The van der Waals surface area contributed by atoms with Gasteiger partial charge in [0.2, 0.25) is 0 Å². The van der Waals surface area contributed by atoms with Gasteiger partial charge < -0.3 is 10.6 Å². The highest BCUT2D eigenvalue weighted by Gasteiger charge is 1.97. The van der Waals surface area contributed by atoms with Crippen LogP contribution in [0.5, 0.6) is 0 Å². The van der Waals surface area contributed by atoms with Crippen molar-refractivity contribution in [3.05, 3.63) is 0 Å². The smallest absolute Gasteiger partial charge is 0.314 e. The minimum atomic E-state index is -0.0187. The SMILES string of the molecule is CCCCCCCCCCNC(=O)NCCC. The molecule has 0 heterocycles. The van der Waals surface area contributed by atoms with Crippen molar-refractivity contribution in [1.29, 1.82) is 0 Å². The summed E-state index contributed by atoms with van der Waals surface area (Å²) in [6.07, 6.45) is 11.4. The Morgan fingerprint density at radius 2 is 1.24 bits per heavy atom. The molecule has 0 aromatic heterocycles. The molecule has 0 aliphatic carbocycles. The van der Waals surface area contributed by atoms with Gasteiger partial charge in [-0.1, -0.05) is 58.8 Å². The Bertz CT molecular complexity index is 172. The molecule has 102 valence electrons. The predicted molar refractivity (Wildman–Crippen MR) is 74.3 cm³/mol. The number of unbranched alkanes of at least 4 members (excludes halogenated alkanes) is 7. The molecule has 3 heteroatoms. The lowest BCUT2D eigenvalue weighted by molar-refractivity contribution is 0.240. The fraction of sp³-hybridized carbons (Fsp3) is 0.929. The largest absolute Gasteiger partial charge is 0.338 e. The summed E-state index contributed by atoms with van der Waals surface area (Å²) >= 11 is 0. The Labute approximate surface area is 107 Å². The number of rotatable bonds is 11. The summed E-state index contributed by atoms with van der Waals surface area (Å²) in [6, 6.07) is -0.0187. The van der Waals surface area contributed by atoms with Gasteiger partial charge in [0.15, 0.2) is 0 Å². The highest BCUT2D eigenvalue weighted by molar-refractivity contribution is 5.73. The molecule has 17 heavy (non-hydrogen) atoms. The summed E-state index contributed by atoms with van der Waals surface area (Å²) < 4.78 is 0. The van der Waals surface area contributed by atoms with Crippen LogP contribution in [-0.4, -0.2) is 19.1 Å². The van der Waals surface area contributed by atoms with Gasteiger partial charge in [-0.3, -0.25) is 0 Å². The van der Waals surface area contributed by atoms with Crippen LogP contribution >= 0.6 is 0 Å². The van der Waals surface area contributed by atoms with Gasteiger partial charge in [-0.15, -0.1) is 0 Å². The minimum Gasteiger partial charge on any atom is -0.338 e. The molecule has 0 aliphatic rings. The number of urea groups is 1. The molecule has 0 spiro atoms. The lowest BCUT2D eigenvalue weighted by Gasteiger charge is -2.06. The molecule has 0 rings (SSSR count). The van der Waals surface area contributed by atoms with E-state index in [-0.39, 0.29) is 6.03 Å². The van der Waals surface area contributed by atoms with Crippen LogP contribution in [0.1, 0.15) is 71.6 Å². The van der Waals surface area contributed by atoms with Crippen LogP contribution in [0, 0.1) is 0 Å². The molecule has 0 saturated carbocycles. The summed E-state index contributed by atoms with van der Waals surface area (Å²) in [7, 11) is 0. The zero-order chi connectivity index (χ0) is 12.8. The Hall–Kier alpha value is -0.730. The van der Waals surface area contributed by atoms with Crippen LogP contribution in [0.25, 0.3) is 0 Å². The third-order valence-corrected chi connectivity index (χ3v) is 2.85. The Balaban J connectivity index is 3.05. The number of hydrogen-bond donors (Lipinski definition) is 2. The molecule has 0 bridgehead atoms. The fourth-order valence-electron chi connectivity index (χ4n) is 1.76. The van der Waals surface area contributed by atoms with E-state index in [0.29, 0.717) is 0 Å². The molecule has 0 aromatic carbocycles. The molecule has 0 aliphatic heterocycles. The number of carbonyl (C=O) groups is 1. The first kappa shape index (κ1) is 16.3. The van der Waals surface area contributed by atoms with Crippen molar-refractivity contribution in [2.45, 2.75) is 71.6 Å². The van der Waals surface area contributed by atoms with Gasteiger partial charge in [0.25, 0.3) is 0 Å². The quantitative estimate of drug-likeness (QED) is 0.531. The predicted octanol–water partition coefficient (Wildman–Crippen LogP) is 3.84. The lowest BCUT2D eigenvalue weighted by Crippen LogP contribution is -2.36. The molecule has 0 unspecified atom stereocenters. The van der Waals surface area contributed by atoms with E-state index >= 15 is 0 Å². The van der Waals surface area contributed by atoms with Gasteiger partial charge in [0.1, 0.15) is 0 Å². The van der Waals surface area contributed by atoms with Crippen molar-refractivity contribution in [2.24, 2.45) is 0 Å². The molecule has 0 radical (unpaired) electrons. The van der Waals surface area contributed by atoms with E-state index < -0.39 is 0 Å². The second kappa shape index (κ2) is 13.3. The first-order valence-corrected chi connectivity index (χ1v) is 7.33.